The largest absolute Gasteiger partial charge is 0.507 e. The van der Waals surface area contributed by atoms with Crippen LogP contribution in [0.25, 0.3) is 0 Å². The SMILES string of the molecule is CCNC(=O)CN1CCN(C(=O)c2ccccc2O)CC1. The van der Waals surface area contributed by atoms with Crippen LogP contribution < -0.4 is 5.32 Å². The number of carbonyl (C=O) groups excluding carboxylic acids is 2. The first-order valence-corrected chi connectivity index (χ1v) is 7.18. The van der Waals surface area contributed by atoms with E-state index in [1.165, 1.54) is 6.07 Å². The molecule has 1 aliphatic heterocycles. The molecule has 6 heteroatoms. The molecule has 0 aromatic heterocycles. The highest BCUT2D eigenvalue weighted by Gasteiger charge is 2.24. The molecule has 1 aromatic carbocycles. The number of nitrogens with zero attached hydrogens (tertiary/aromatic N) is 2. The Morgan fingerprint density at radius 3 is 2.48 bits per heavy atom. The molecule has 21 heavy (non-hydrogen) atoms. The van der Waals surface area contributed by atoms with Gasteiger partial charge in [-0.05, 0) is 19.1 Å². The van der Waals surface area contributed by atoms with Crippen molar-refractivity contribution in [1.29, 1.82) is 0 Å². The van der Waals surface area contributed by atoms with E-state index in [-0.39, 0.29) is 17.6 Å². The number of aromatic hydroxyl groups is 1. The monoisotopic (exact) mass is 291 g/mol. The molecule has 1 aliphatic rings. The van der Waals surface area contributed by atoms with Crippen LogP contribution in [0.4, 0.5) is 0 Å². The van der Waals surface area contributed by atoms with Gasteiger partial charge < -0.3 is 15.3 Å². The lowest BCUT2D eigenvalue weighted by Gasteiger charge is -2.34. The summed E-state index contributed by atoms with van der Waals surface area (Å²) in [7, 11) is 0. The molecule has 2 amide bonds. The van der Waals surface area contributed by atoms with E-state index >= 15 is 0 Å². The van der Waals surface area contributed by atoms with Crippen LogP contribution in [0.15, 0.2) is 24.3 Å². The zero-order valence-electron chi connectivity index (χ0n) is 12.2. The lowest BCUT2D eigenvalue weighted by Crippen LogP contribution is -2.51. The van der Waals surface area contributed by atoms with E-state index < -0.39 is 0 Å². The average Bonchev–Trinajstić information content (AvgIpc) is 2.48. The third-order valence-electron chi connectivity index (χ3n) is 3.54. The molecule has 0 unspecified atom stereocenters. The Morgan fingerprint density at radius 1 is 1.19 bits per heavy atom. The fourth-order valence-corrected chi connectivity index (χ4v) is 2.39. The molecule has 0 atom stereocenters. The van der Waals surface area contributed by atoms with Crippen LogP contribution >= 0.6 is 0 Å². The number of likely N-dealkylation sites (N-methyl/N-ethyl adjacent to an activating group) is 1. The van der Waals surface area contributed by atoms with E-state index in [0.29, 0.717) is 44.8 Å². The quantitative estimate of drug-likeness (QED) is 0.836. The van der Waals surface area contributed by atoms with Crippen molar-refractivity contribution >= 4 is 11.8 Å². The minimum atomic E-state index is -0.161. The Kier molecular flexibility index (Phi) is 5.16. The third kappa shape index (κ3) is 3.95. The topological polar surface area (TPSA) is 72.9 Å². The second kappa shape index (κ2) is 7.08. The highest BCUT2D eigenvalue weighted by molar-refractivity contribution is 5.96. The van der Waals surface area contributed by atoms with Gasteiger partial charge in [-0.2, -0.15) is 0 Å². The number of rotatable bonds is 4. The maximum Gasteiger partial charge on any atom is 0.257 e. The molecular weight excluding hydrogens is 270 g/mol. The molecule has 1 aromatic rings. The summed E-state index contributed by atoms with van der Waals surface area (Å²) in [5.74, 6) is -0.143. The van der Waals surface area contributed by atoms with Gasteiger partial charge in [0, 0.05) is 32.7 Å². The van der Waals surface area contributed by atoms with Gasteiger partial charge in [0.1, 0.15) is 5.75 Å². The molecule has 1 saturated heterocycles. The van der Waals surface area contributed by atoms with Crippen LogP contribution in [0.2, 0.25) is 0 Å². The number of phenolic OH excluding ortho intramolecular Hbond substituents is 1. The third-order valence-corrected chi connectivity index (χ3v) is 3.54. The second-order valence-electron chi connectivity index (χ2n) is 5.04. The summed E-state index contributed by atoms with van der Waals surface area (Å²) in [6.07, 6.45) is 0. The smallest absolute Gasteiger partial charge is 0.257 e. The lowest BCUT2D eigenvalue weighted by molar-refractivity contribution is -0.122. The standard InChI is InChI=1S/C15H21N3O3/c1-2-16-14(20)11-17-7-9-18(10-8-17)15(21)12-5-3-4-6-13(12)19/h3-6,19H,2,7-11H2,1H3,(H,16,20). The van der Waals surface area contributed by atoms with Crippen molar-refractivity contribution in [3.05, 3.63) is 29.8 Å². The maximum absolute atomic E-state index is 12.3. The van der Waals surface area contributed by atoms with E-state index in [1.54, 1.807) is 23.1 Å². The summed E-state index contributed by atoms with van der Waals surface area (Å²) in [6.45, 7) is 5.34. The number of carbonyl (C=O) groups is 2. The molecule has 114 valence electrons. The number of hydrogen-bond donors (Lipinski definition) is 2. The first-order chi connectivity index (χ1) is 10.1. The summed E-state index contributed by atoms with van der Waals surface area (Å²) < 4.78 is 0. The van der Waals surface area contributed by atoms with Crippen LogP contribution in [0.3, 0.4) is 0 Å². The highest BCUT2D eigenvalue weighted by atomic mass is 16.3. The summed E-state index contributed by atoms with van der Waals surface area (Å²) in [5, 5.41) is 12.5. The molecule has 1 fully saturated rings. The fourth-order valence-electron chi connectivity index (χ4n) is 2.39. The van der Waals surface area contributed by atoms with Gasteiger partial charge in [0.05, 0.1) is 12.1 Å². The van der Waals surface area contributed by atoms with Gasteiger partial charge in [0.2, 0.25) is 5.91 Å². The van der Waals surface area contributed by atoms with Crippen molar-refractivity contribution in [2.45, 2.75) is 6.92 Å². The molecule has 0 aliphatic carbocycles. The van der Waals surface area contributed by atoms with Crippen LogP contribution in [-0.2, 0) is 4.79 Å². The number of para-hydroxylation sites is 1. The summed E-state index contributed by atoms with van der Waals surface area (Å²) in [6, 6.07) is 6.56. The Labute approximate surface area is 124 Å². The predicted octanol–water partition coefficient (Wildman–Crippen LogP) is 0.286. The minimum absolute atomic E-state index is 0.00672. The van der Waals surface area contributed by atoms with Crippen molar-refractivity contribution in [2.75, 3.05) is 39.3 Å². The molecule has 1 heterocycles. The first-order valence-electron chi connectivity index (χ1n) is 7.18. The molecular formula is C15H21N3O3. The molecule has 0 bridgehead atoms. The molecule has 6 nitrogen and oxygen atoms in total. The number of nitrogens with one attached hydrogen (secondary N) is 1. The van der Waals surface area contributed by atoms with Crippen LogP contribution in [0, 0.1) is 0 Å². The normalized spacial score (nSPS) is 15.8. The van der Waals surface area contributed by atoms with Crippen LogP contribution in [0.1, 0.15) is 17.3 Å². The predicted molar refractivity (Wildman–Crippen MR) is 79.1 cm³/mol. The van der Waals surface area contributed by atoms with Gasteiger partial charge in [-0.25, -0.2) is 0 Å². The Balaban J connectivity index is 1.88. The van der Waals surface area contributed by atoms with E-state index in [9.17, 15) is 14.7 Å². The van der Waals surface area contributed by atoms with E-state index in [1.807, 2.05) is 11.8 Å². The first kappa shape index (κ1) is 15.3. The second-order valence-corrected chi connectivity index (χ2v) is 5.04. The van der Waals surface area contributed by atoms with Gasteiger partial charge in [-0.15, -0.1) is 0 Å². The lowest BCUT2D eigenvalue weighted by atomic mass is 10.1. The van der Waals surface area contributed by atoms with Crippen LogP contribution in [-0.4, -0.2) is 66.0 Å². The Bertz CT molecular complexity index is 511. The van der Waals surface area contributed by atoms with Gasteiger partial charge in [-0.3, -0.25) is 14.5 Å². The van der Waals surface area contributed by atoms with Gasteiger partial charge in [0.25, 0.3) is 5.91 Å². The van der Waals surface area contributed by atoms with Crippen molar-refractivity contribution in [1.82, 2.24) is 15.1 Å². The fraction of sp³-hybridized carbons (Fsp3) is 0.467. The number of piperazine rings is 1. The number of amides is 2. The zero-order valence-corrected chi connectivity index (χ0v) is 12.2. The molecule has 2 rings (SSSR count). The summed E-state index contributed by atoms with van der Waals surface area (Å²) in [4.78, 5) is 27.6. The molecule has 0 spiro atoms. The highest BCUT2D eigenvalue weighted by Crippen LogP contribution is 2.18. The number of benzene rings is 1. The Morgan fingerprint density at radius 2 is 1.86 bits per heavy atom. The number of hydrogen-bond acceptors (Lipinski definition) is 4. The van der Waals surface area contributed by atoms with Gasteiger partial charge in [0.15, 0.2) is 0 Å². The minimum Gasteiger partial charge on any atom is -0.507 e. The maximum atomic E-state index is 12.3. The van der Waals surface area contributed by atoms with Crippen molar-refractivity contribution in [2.24, 2.45) is 0 Å². The van der Waals surface area contributed by atoms with E-state index in [2.05, 4.69) is 5.32 Å². The zero-order chi connectivity index (χ0) is 15.2. The molecule has 0 saturated carbocycles. The van der Waals surface area contributed by atoms with E-state index in [4.69, 9.17) is 0 Å². The average molecular weight is 291 g/mol. The van der Waals surface area contributed by atoms with Crippen molar-refractivity contribution in [3.63, 3.8) is 0 Å². The molecule has 2 N–H and O–H groups in total. The number of phenols is 1. The van der Waals surface area contributed by atoms with Gasteiger partial charge in [-0.1, -0.05) is 12.1 Å². The van der Waals surface area contributed by atoms with Gasteiger partial charge >= 0.3 is 0 Å². The summed E-state index contributed by atoms with van der Waals surface area (Å²) >= 11 is 0. The van der Waals surface area contributed by atoms with Crippen molar-refractivity contribution in [3.8, 4) is 5.75 Å². The van der Waals surface area contributed by atoms with E-state index in [0.717, 1.165) is 0 Å². The van der Waals surface area contributed by atoms with Crippen LogP contribution in [0.5, 0.6) is 5.75 Å². The van der Waals surface area contributed by atoms with Crippen molar-refractivity contribution < 1.29 is 14.7 Å². The summed E-state index contributed by atoms with van der Waals surface area (Å²) in [5.41, 5.74) is 0.328. The molecule has 0 radical (unpaired) electrons. The Hall–Kier alpha value is -2.08.